The maximum absolute atomic E-state index is 15.7. The van der Waals surface area contributed by atoms with Gasteiger partial charge in [-0.1, -0.05) is 166 Å². The number of rotatable bonds is 26. The smallest absolute Gasteiger partial charge is 0.245 e. The minimum Gasteiger partial charge on any atom is -0.391 e. The number of benzene rings is 2. The highest BCUT2D eigenvalue weighted by Gasteiger charge is 2.43. The largest absolute Gasteiger partial charge is 0.391 e. The van der Waals surface area contributed by atoms with E-state index in [4.69, 9.17) is 44.6 Å². The second-order valence-corrected chi connectivity index (χ2v) is 41.2. The van der Waals surface area contributed by atoms with E-state index < -0.39 is 298 Å². The molecule has 20 atom stereocenters. The molecule has 4 saturated heterocycles. The quantitative estimate of drug-likeness (QED) is 0.0180. The molecule has 2 aromatic carbocycles. The van der Waals surface area contributed by atoms with Crippen molar-refractivity contribution in [2.24, 2.45) is 34.8 Å². The third-order valence-corrected chi connectivity index (χ3v) is 29.6. The number of nitrogens with one attached hydrogen (secondary N) is 26. The van der Waals surface area contributed by atoms with Crippen LogP contribution in [-0.4, -0.2) is 323 Å². The summed E-state index contributed by atoms with van der Waals surface area (Å²) in [6.45, 7) is 6.68. The standard InChI is InChI=1S/C84H132N30O20S6/c1-7-41(3)61-77(131)109-57-39-139-135-35-53(107-69(123)51(31-45-19-11-9-12-20-45)99-59(117)33-97-65(119)47(23-15-27-93-81(85)86)103-79(133)63(43(5)115)113-75(57)129)72(126)102-50(26-18-30-96-84(91)92)68(122)106-56-38-138-137-37-55(73(127)111-61)105-67(121)49(25-17-29-95-83(89)90)101-71(125)54-36-136-140-40-58(110-78(132)62(42(4)8-2)112-74(56)128)76(130)114-64(44(6)116)80(134)104-48(24-16-28-94-82(87)88)66(120)98-34-60(118)100-52(70(124)108-54)32-46-21-13-10-14-22-46/h9-14,19-22,41-44,47-58,61-64,115-116H,7-8,15-18,23-40H2,1-6H3,(H,97,119)(H,98,120)(H,99,117)(H,100,118)(H,101,125)(H,102,126)(H,103,133)(H,104,134)(H,105,121)(H,106,122)(H,107,123)(H,108,124)(H,109,131)(H,110,132)(H,111,127)(H,112,128)(H,113,129)(H,114,130)(H4,85,86,93)(H4,87,88,94)(H4,89,90,95)(H4,91,92,96)/t41-,42-,43+,44+,47-,48-,49-,50-,51-,52-,53-,54-,55-,56-,57-,58-,61-,62-,63-,64-/m0/s1. The van der Waals surface area contributed by atoms with Gasteiger partial charge in [-0.15, -0.1) is 0 Å². The summed E-state index contributed by atoms with van der Waals surface area (Å²) >= 11 is 0. The van der Waals surface area contributed by atoms with Crippen molar-refractivity contribution in [1.82, 2.24) is 117 Å². The predicted molar refractivity (Wildman–Crippen MR) is 531 cm³/mol. The van der Waals surface area contributed by atoms with Crippen LogP contribution in [0, 0.1) is 33.5 Å². The van der Waals surface area contributed by atoms with Gasteiger partial charge in [-0.2, -0.15) is 0 Å². The van der Waals surface area contributed by atoms with Gasteiger partial charge in [-0.05, 0) is 88.2 Å². The van der Waals surface area contributed by atoms with Crippen molar-refractivity contribution in [3.63, 3.8) is 0 Å². The molecule has 0 saturated carbocycles. The zero-order valence-corrected chi connectivity index (χ0v) is 83.2. The van der Waals surface area contributed by atoms with Crippen LogP contribution in [0.1, 0.15) is 117 Å². The number of guanidine groups is 4. The van der Waals surface area contributed by atoms with Crippen LogP contribution in [0.4, 0.5) is 0 Å². The number of fused-ring (bicyclic) bond motifs is 15. The molecule has 2 aromatic rings. The zero-order valence-electron chi connectivity index (χ0n) is 78.3. The van der Waals surface area contributed by atoms with Crippen LogP contribution in [0.3, 0.4) is 0 Å². The SMILES string of the molecule is CC[C@H](C)[C@@H]1NC(=O)[C@@H]2CSSC[C@H](NC(=O)[C@H](CCCNC(=N)N)NC(=O)[C@@H]3CSSC[C@H](NC1=O)C(=O)N[C@@H]([C@@H](C)O)C(=O)N[C@@H](CCCNC(=N)N)C(=O)NCC(=O)N[C@@H](Cc1ccccc1)C(=O)N3)C(=O)N[C@@H]([C@@H](C)CC)C(=O)N[C@H]1CSSC[C@H](NC(=O)[C@H](Cc3ccccc3)NC(=O)CNC(=O)[C@H](CCCNC(=N)N)NC(=O)[C@H]([C@@H](C)O)NC1=O)C(=O)N[C@@H](CCCNC(=N)N)C(=O)N2. The fourth-order valence-electron chi connectivity index (χ4n) is 14.1. The Balaban J connectivity index is 1.63. The molecule has 774 valence electrons. The van der Waals surface area contributed by atoms with Crippen molar-refractivity contribution in [2.45, 2.75) is 227 Å². The summed E-state index contributed by atoms with van der Waals surface area (Å²) in [5, 5.41) is 111. The van der Waals surface area contributed by atoms with Crippen molar-refractivity contribution in [2.75, 3.05) is 73.8 Å². The second-order valence-electron chi connectivity index (χ2n) is 33.5. The molecule has 0 aliphatic carbocycles. The Kier molecular flexibility index (Phi) is 50.7. The van der Waals surface area contributed by atoms with E-state index in [0.29, 0.717) is 11.1 Å². The van der Waals surface area contributed by atoms with Crippen LogP contribution in [-0.2, 0) is 99.1 Å². The Bertz CT molecular complexity index is 4360. The molecule has 0 unspecified atom stereocenters. The van der Waals surface area contributed by atoms with E-state index in [1.54, 1.807) is 88.4 Å². The Morgan fingerprint density at radius 2 is 0.529 bits per heavy atom. The first kappa shape index (κ1) is 117. The molecule has 4 fully saturated rings. The van der Waals surface area contributed by atoms with E-state index >= 15 is 57.5 Å². The minimum absolute atomic E-state index is 0.0165. The fraction of sp³-hybridized carbons (Fsp3) is 0.595. The highest BCUT2D eigenvalue weighted by Crippen LogP contribution is 2.28. The molecule has 50 nitrogen and oxygen atoms in total. The molecule has 56 heteroatoms. The van der Waals surface area contributed by atoms with Crippen molar-refractivity contribution < 1.29 is 96.5 Å². The number of aliphatic hydroxyl groups excluding tert-OH is 2. The Hall–Kier alpha value is -12.0. The summed E-state index contributed by atoms with van der Waals surface area (Å²) in [7, 11) is 4.75. The van der Waals surface area contributed by atoms with Crippen LogP contribution < -0.4 is 140 Å². The maximum atomic E-state index is 15.7. The Morgan fingerprint density at radius 1 is 0.307 bits per heavy atom. The van der Waals surface area contributed by atoms with Crippen LogP contribution in [0.2, 0.25) is 0 Å². The summed E-state index contributed by atoms with van der Waals surface area (Å²) < 4.78 is 0. The highest BCUT2D eigenvalue weighted by atomic mass is 33.1. The van der Waals surface area contributed by atoms with Gasteiger partial charge >= 0.3 is 0 Å². The van der Waals surface area contributed by atoms with Gasteiger partial charge in [0.25, 0.3) is 0 Å². The average Bonchev–Trinajstić information content (AvgIpc) is 0.857. The number of nitrogens with two attached hydrogens (primary N) is 4. The fourth-order valence-corrected chi connectivity index (χ4v) is 21.1. The van der Waals surface area contributed by atoms with Gasteiger partial charge in [-0.25, -0.2) is 0 Å². The zero-order chi connectivity index (χ0) is 103. The summed E-state index contributed by atoms with van der Waals surface area (Å²) in [6.07, 6.45) is -5.17. The molecule has 4 aliphatic heterocycles. The molecular formula is C84H132N30O20S6. The van der Waals surface area contributed by atoms with Gasteiger partial charge in [0.15, 0.2) is 23.8 Å². The summed E-state index contributed by atoms with van der Waals surface area (Å²) in [5.74, 6) is -26.3. The van der Waals surface area contributed by atoms with Gasteiger partial charge in [0.05, 0.1) is 25.3 Å². The van der Waals surface area contributed by atoms with E-state index in [0.717, 1.165) is 78.6 Å². The summed E-state index contributed by atoms with van der Waals surface area (Å²) in [6, 6.07) is -11.3. The first-order chi connectivity index (χ1) is 66.6. The lowest BCUT2D eigenvalue weighted by molar-refractivity contribution is -0.137. The third kappa shape index (κ3) is 41.0. The number of amides is 18. The normalized spacial score (nSPS) is 26.5. The average molecular weight is 2070 g/mol. The molecule has 0 radical (unpaired) electrons. The second kappa shape index (κ2) is 60.9. The van der Waals surface area contributed by atoms with Gasteiger partial charge < -0.3 is 150 Å². The number of carbonyl (C=O) groups excluding carboxylic acids is 18. The van der Waals surface area contributed by atoms with E-state index in [1.807, 2.05) is 0 Å². The van der Waals surface area contributed by atoms with Crippen molar-refractivity contribution in [3.8, 4) is 0 Å². The molecule has 4 aliphatic rings. The molecular weight excluding hydrogens is 1940 g/mol. The Morgan fingerprint density at radius 3 is 0.779 bits per heavy atom. The van der Waals surface area contributed by atoms with Gasteiger partial charge in [0.1, 0.15) is 96.7 Å². The van der Waals surface area contributed by atoms with Crippen molar-refractivity contribution in [1.29, 1.82) is 21.6 Å². The predicted octanol–water partition coefficient (Wildman–Crippen LogP) is -8.43. The molecule has 36 N–H and O–H groups in total. The van der Waals surface area contributed by atoms with E-state index in [2.05, 4.69) is 117 Å². The lowest BCUT2D eigenvalue weighted by Crippen LogP contribution is -2.63. The van der Waals surface area contributed by atoms with Crippen LogP contribution in [0.5, 0.6) is 0 Å². The minimum atomic E-state index is -1.94. The topological polar surface area (TPSA) is 812 Å². The Labute approximate surface area is 832 Å². The van der Waals surface area contributed by atoms with Gasteiger partial charge in [0.2, 0.25) is 106 Å². The lowest BCUT2D eigenvalue weighted by Gasteiger charge is -2.31. The van der Waals surface area contributed by atoms with Crippen LogP contribution >= 0.6 is 64.8 Å². The number of hydrogen-bond acceptors (Lipinski definition) is 30. The van der Waals surface area contributed by atoms with Gasteiger partial charge in [-0.3, -0.25) is 108 Å². The molecule has 0 aromatic heterocycles. The first-order valence-corrected chi connectivity index (χ1v) is 52.9. The van der Waals surface area contributed by atoms with Crippen molar-refractivity contribution >= 4 is 195 Å². The summed E-state index contributed by atoms with van der Waals surface area (Å²) in [5.41, 5.74) is 23.4. The lowest BCUT2D eigenvalue weighted by atomic mass is 9.97. The number of hydrogen-bond donors (Lipinski definition) is 32. The number of carbonyl (C=O) groups is 18. The van der Waals surface area contributed by atoms with E-state index in [1.165, 1.54) is 0 Å². The molecule has 18 amide bonds. The first-order valence-electron chi connectivity index (χ1n) is 45.4. The molecule has 0 spiro atoms. The van der Waals surface area contributed by atoms with Crippen molar-refractivity contribution in [3.05, 3.63) is 71.8 Å². The molecule has 140 heavy (non-hydrogen) atoms. The molecule has 6 rings (SSSR count). The maximum Gasteiger partial charge on any atom is 0.245 e. The molecule has 6 bridgehead atoms. The monoisotopic (exact) mass is 2070 g/mol. The third-order valence-electron chi connectivity index (χ3n) is 22.4. The highest BCUT2D eigenvalue weighted by molar-refractivity contribution is 8.77. The molecule has 4 heterocycles. The van der Waals surface area contributed by atoms with Crippen LogP contribution in [0.25, 0.3) is 0 Å². The van der Waals surface area contributed by atoms with E-state index in [9.17, 15) is 39.0 Å². The van der Waals surface area contributed by atoms with Gasteiger partial charge in [0, 0.05) is 73.5 Å². The van der Waals surface area contributed by atoms with Crippen LogP contribution in [0.15, 0.2) is 60.7 Å². The van der Waals surface area contributed by atoms with E-state index in [-0.39, 0.29) is 103 Å². The summed E-state index contributed by atoms with van der Waals surface area (Å²) in [4.78, 5) is 271. The number of aliphatic hydroxyl groups is 2.